The van der Waals surface area contributed by atoms with Crippen LogP contribution in [0.4, 0.5) is 5.69 Å². The molecule has 1 heterocycles. The number of nitrogen functional groups attached to an aromatic ring is 1. The fraction of sp³-hybridized carbons (Fsp3) is 0.0476. The molecule has 0 aliphatic heterocycles. The Morgan fingerprint density at radius 1 is 0.923 bits per heavy atom. The van der Waals surface area contributed by atoms with E-state index >= 15 is 0 Å². The van der Waals surface area contributed by atoms with E-state index in [1.54, 1.807) is 18.0 Å². The fourth-order valence-corrected chi connectivity index (χ4v) is 3.72. The molecule has 0 atom stereocenters. The van der Waals surface area contributed by atoms with Crippen LogP contribution in [0.2, 0.25) is 0 Å². The lowest BCUT2D eigenvalue weighted by atomic mass is 10.2. The van der Waals surface area contributed by atoms with Gasteiger partial charge in [-0.1, -0.05) is 42.1 Å². The van der Waals surface area contributed by atoms with Crippen LogP contribution in [0, 0.1) is 0 Å². The quantitative estimate of drug-likeness (QED) is 0.555. The second kappa shape index (κ2) is 7.06. The molecule has 26 heavy (non-hydrogen) atoms. The highest BCUT2D eigenvalue weighted by atomic mass is 32.2. The third-order valence-corrected chi connectivity index (χ3v) is 5.08. The highest BCUT2D eigenvalue weighted by Crippen LogP contribution is 2.29. The molecule has 1 aromatic heterocycles. The van der Waals surface area contributed by atoms with Crippen molar-refractivity contribution in [3.05, 3.63) is 94.9 Å². The van der Waals surface area contributed by atoms with E-state index in [2.05, 4.69) is 17.2 Å². The first-order valence-electron chi connectivity index (χ1n) is 8.26. The minimum absolute atomic E-state index is 0.0961. The molecule has 128 valence electrons. The van der Waals surface area contributed by atoms with Crippen LogP contribution in [0.5, 0.6) is 0 Å². The van der Waals surface area contributed by atoms with Crippen molar-refractivity contribution in [2.24, 2.45) is 0 Å². The monoisotopic (exact) mass is 359 g/mol. The SMILES string of the molecule is Nc1cccc(Cn2ncc3cc(Sc4ccccc4)ccc3c2=O)c1. The number of hydrogen-bond acceptors (Lipinski definition) is 4. The van der Waals surface area contributed by atoms with Crippen molar-refractivity contribution >= 4 is 28.2 Å². The van der Waals surface area contributed by atoms with Gasteiger partial charge in [0.05, 0.1) is 18.1 Å². The predicted octanol–water partition coefficient (Wildman–Crippen LogP) is 4.18. The Bertz CT molecular complexity index is 1120. The number of hydrogen-bond donors (Lipinski definition) is 1. The van der Waals surface area contributed by atoms with Gasteiger partial charge in [0.25, 0.3) is 5.56 Å². The Labute approximate surface area is 155 Å². The van der Waals surface area contributed by atoms with Gasteiger partial charge in [0, 0.05) is 20.9 Å². The number of aromatic nitrogens is 2. The summed E-state index contributed by atoms with van der Waals surface area (Å²) < 4.78 is 1.47. The molecule has 0 aliphatic carbocycles. The molecule has 0 fully saturated rings. The van der Waals surface area contributed by atoms with Crippen molar-refractivity contribution in [1.82, 2.24) is 9.78 Å². The van der Waals surface area contributed by atoms with E-state index in [0.717, 1.165) is 20.7 Å². The Balaban J connectivity index is 1.66. The Morgan fingerprint density at radius 2 is 1.77 bits per heavy atom. The van der Waals surface area contributed by atoms with Gasteiger partial charge in [-0.25, -0.2) is 4.68 Å². The maximum absolute atomic E-state index is 12.7. The standard InChI is InChI=1S/C21H17N3OS/c22-17-6-4-5-15(11-17)14-24-21(25)20-10-9-19(12-16(20)13-23-24)26-18-7-2-1-3-8-18/h1-13H,14,22H2. The maximum atomic E-state index is 12.7. The van der Waals surface area contributed by atoms with E-state index in [-0.39, 0.29) is 5.56 Å². The average molecular weight is 359 g/mol. The normalized spacial score (nSPS) is 10.9. The molecular weight excluding hydrogens is 342 g/mol. The zero-order valence-electron chi connectivity index (χ0n) is 14.0. The number of anilines is 1. The first kappa shape index (κ1) is 16.4. The van der Waals surface area contributed by atoms with E-state index in [4.69, 9.17) is 5.73 Å². The smallest absolute Gasteiger partial charge is 0.274 e. The van der Waals surface area contributed by atoms with E-state index in [1.807, 2.05) is 60.7 Å². The van der Waals surface area contributed by atoms with Crippen molar-refractivity contribution in [3.8, 4) is 0 Å². The highest BCUT2D eigenvalue weighted by molar-refractivity contribution is 7.99. The minimum atomic E-state index is -0.0961. The third kappa shape index (κ3) is 3.48. The summed E-state index contributed by atoms with van der Waals surface area (Å²) in [5, 5.41) is 5.85. The van der Waals surface area contributed by atoms with Crippen LogP contribution in [0.15, 0.2) is 93.6 Å². The van der Waals surface area contributed by atoms with Gasteiger partial charge in [0.15, 0.2) is 0 Å². The van der Waals surface area contributed by atoms with Crippen LogP contribution in [0.1, 0.15) is 5.56 Å². The summed E-state index contributed by atoms with van der Waals surface area (Å²) in [6, 6.07) is 23.5. The van der Waals surface area contributed by atoms with Crippen molar-refractivity contribution < 1.29 is 0 Å². The van der Waals surface area contributed by atoms with E-state index in [0.29, 0.717) is 17.6 Å². The lowest BCUT2D eigenvalue weighted by Crippen LogP contribution is -2.23. The summed E-state index contributed by atoms with van der Waals surface area (Å²) >= 11 is 1.67. The van der Waals surface area contributed by atoms with Gasteiger partial charge < -0.3 is 5.73 Å². The van der Waals surface area contributed by atoms with E-state index in [9.17, 15) is 4.79 Å². The molecule has 0 spiro atoms. The Morgan fingerprint density at radius 3 is 2.58 bits per heavy atom. The molecule has 4 aromatic rings. The van der Waals surface area contributed by atoms with Crippen LogP contribution in [-0.4, -0.2) is 9.78 Å². The number of nitrogens with two attached hydrogens (primary N) is 1. The zero-order valence-corrected chi connectivity index (χ0v) is 14.8. The summed E-state index contributed by atoms with van der Waals surface area (Å²) in [5.74, 6) is 0. The number of nitrogens with zero attached hydrogens (tertiary/aromatic N) is 2. The molecule has 5 heteroatoms. The zero-order chi connectivity index (χ0) is 17.9. The van der Waals surface area contributed by atoms with Crippen molar-refractivity contribution in [3.63, 3.8) is 0 Å². The number of benzene rings is 3. The number of fused-ring (bicyclic) bond motifs is 1. The number of rotatable bonds is 4. The lowest BCUT2D eigenvalue weighted by molar-refractivity contribution is 0.647. The van der Waals surface area contributed by atoms with Gasteiger partial charge in [-0.15, -0.1) is 0 Å². The fourth-order valence-electron chi connectivity index (χ4n) is 2.83. The van der Waals surface area contributed by atoms with E-state index in [1.165, 1.54) is 4.68 Å². The minimum Gasteiger partial charge on any atom is -0.399 e. The molecule has 2 N–H and O–H groups in total. The van der Waals surface area contributed by atoms with Gasteiger partial charge in [-0.3, -0.25) is 4.79 Å². The van der Waals surface area contributed by atoms with Crippen LogP contribution in [-0.2, 0) is 6.54 Å². The third-order valence-electron chi connectivity index (χ3n) is 4.09. The van der Waals surface area contributed by atoms with Gasteiger partial charge in [-0.2, -0.15) is 5.10 Å². The molecule has 0 unspecified atom stereocenters. The molecule has 4 nitrogen and oxygen atoms in total. The Kier molecular flexibility index (Phi) is 4.46. The molecule has 0 saturated heterocycles. The lowest BCUT2D eigenvalue weighted by Gasteiger charge is -2.08. The molecule has 0 amide bonds. The highest BCUT2D eigenvalue weighted by Gasteiger charge is 2.07. The van der Waals surface area contributed by atoms with Crippen LogP contribution in [0.3, 0.4) is 0 Å². The van der Waals surface area contributed by atoms with Crippen molar-refractivity contribution in [1.29, 1.82) is 0 Å². The average Bonchev–Trinajstić information content (AvgIpc) is 2.65. The first-order valence-corrected chi connectivity index (χ1v) is 9.08. The van der Waals surface area contributed by atoms with Gasteiger partial charge >= 0.3 is 0 Å². The van der Waals surface area contributed by atoms with Crippen LogP contribution < -0.4 is 11.3 Å². The molecule has 4 rings (SSSR count). The largest absolute Gasteiger partial charge is 0.399 e. The molecule has 3 aromatic carbocycles. The van der Waals surface area contributed by atoms with Gasteiger partial charge in [0.1, 0.15) is 0 Å². The van der Waals surface area contributed by atoms with E-state index < -0.39 is 0 Å². The topological polar surface area (TPSA) is 60.9 Å². The second-order valence-electron chi connectivity index (χ2n) is 6.02. The molecule has 0 aliphatic rings. The summed E-state index contributed by atoms with van der Waals surface area (Å²) in [5.41, 5.74) is 7.35. The van der Waals surface area contributed by atoms with Gasteiger partial charge in [0.2, 0.25) is 0 Å². The van der Waals surface area contributed by atoms with Gasteiger partial charge in [-0.05, 0) is 48.0 Å². The molecule has 0 radical (unpaired) electrons. The maximum Gasteiger partial charge on any atom is 0.274 e. The second-order valence-corrected chi connectivity index (χ2v) is 7.16. The summed E-state index contributed by atoms with van der Waals surface area (Å²) in [6.07, 6.45) is 1.75. The summed E-state index contributed by atoms with van der Waals surface area (Å²) in [6.45, 7) is 0.403. The molecule has 0 bridgehead atoms. The van der Waals surface area contributed by atoms with Crippen molar-refractivity contribution in [2.45, 2.75) is 16.3 Å². The van der Waals surface area contributed by atoms with Crippen LogP contribution in [0.25, 0.3) is 10.8 Å². The summed E-state index contributed by atoms with van der Waals surface area (Å²) in [7, 11) is 0. The summed E-state index contributed by atoms with van der Waals surface area (Å²) in [4.78, 5) is 15.0. The van der Waals surface area contributed by atoms with Crippen LogP contribution >= 0.6 is 11.8 Å². The molecular formula is C21H17N3OS. The first-order chi connectivity index (χ1) is 12.7. The molecule has 0 saturated carbocycles. The van der Waals surface area contributed by atoms with Crippen molar-refractivity contribution in [2.75, 3.05) is 5.73 Å². The Hall–Kier alpha value is -3.05. The predicted molar refractivity (Wildman–Crippen MR) is 107 cm³/mol.